The van der Waals surface area contributed by atoms with Gasteiger partial charge in [-0.05, 0) is 36.4 Å². The van der Waals surface area contributed by atoms with Crippen LogP contribution in [0.5, 0.6) is 0 Å². The average molecular weight is 382 g/mol. The van der Waals surface area contributed by atoms with E-state index in [1.807, 2.05) is 47.0 Å². The van der Waals surface area contributed by atoms with Crippen LogP contribution < -0.4 is 16.0 Å². The Morgan fingerprint density at radius 3 is 2.22 bits per heavy atom. The summed E-state index contributed by atoms with van der Waals surface area (Å²) >= 11 is 5.10. The van der Waals surface area contributed by atoms with Gasteiger partial charge in [-0.3, -0.25) is 35.2 Å². The van der Waals surface area contributed by atoms with Crippen molar-refractivity contribution in [3.63, 3.8) is 0 Å². The Labute approximate surface area is 159 Å². The SMILES string of the molecule is CC(=C\c1ccccc1)/C=C1\C(=O)NC(=S)N1C=C1C(=O)NC(=O)NC1=O. The second-order valence-electron chi connectivity index (χ2n) is 5.74. The lowest BCUT2D eigenvalue weighted by Gasteiger charge is -2.18. The highest BCUT2D eigenvalue weighted by Gasteiger charge is 2.33. The van der Waals surface area contributed by atoms with Gasteiger partial charge in [-0.1, -0.05) is 36.4 Å². The maximum atomic E-state index is 12.2. The Bertz CT molecular complexity index is 941. The van der Waals surface area contributed by atoms with Gasteiger partial charge in [-0.25, -0.2) is 4.79 Å². The number of amides is 5. The predicted molar refractivity (Wildman–Crippen MR) is 101 cm³/mol. The molecule has 9 heteroatoms. The van der Waals surface area contributed by atoms with Crippen LogP contribution in [0.3, 0.4) is 0 Å². The van der Waals surface area contributed by atoms with E-state index in [0.717, 1.165) is 17.3 Å². The molecular weight excluding hydrogens is 368 g/mol. The Morgan fingerprint density at radius 2 is 1.59 bits per heavy atom. The van der Waals surface area contributed by atoms with Crippen molar-refractivity contribution in [1.29, 1.82) is 0 Å². The number of carbonyl (C=O) groups excluding carboxylic acids is 4. The fraction of sp³-hybridized carbons (Fsp3) is 0.0556. The molecule has 0 saturated carbocycles. The number of barbiturate groups is 1. The summed E-state index contributed by atoms with van der Waals surface area (Å²) in [6.07, 6.45) is 4.58. The summed E-state index contributed by atoms with van der Waals surface area (Å²) in [7, 11) is 0. The zero-order chi connectivity index (χ0) is 19.6. The molecule has 3 rings (SSSR count). The van der Waals surface area contributed by atoms with Crippen molar-refractivity contribution in [3.05, 3.63) is 65.0 Å². The van der Waals surface area contributed by atoms with Crippen molar-refractivity contribution >= 4 is 47.2 Å². The third-order valence-corrected chi connectivity index (χ3v) is 3.99. The zero-order valence-electron chi connectivity index (χ0n) is 14.1. The number of urea groups is 1. The van der Waals surface area contributed by atoms with Crippen molar-refractivity contribution in [2.75, 3.05) is 0 Å². The molecule has 5 amide bonds. The first-order valence-electron chi connectivity index (χ1n) is 7.83. The van der Waals surface area contributed by atoms with Crippen LogP contribution in [0.4, 0.5) is 4.79 Å². The topological polar surface area (TPSA) is 108 Å². The number of nitrogens with zero attached hydrogens (tertiary/aromatic N) is 1. The van der Waals surface area contributed by atoms with Gasteiger partial charge >= 0.3 is 6.03 Å². The molecule has 2 saturated heterocycles. The number of nitrogens with one attached hydrogen (secondary N) is 3. The van der Waals surface area contributed by atoms with Crippen LogP contribution >= 0.6 is 12.2 Å². The Hall–Kier alpha value is -3.59. The Balaban J connectivity index is 1.95. The lowest BCUT2D eigenvalue weighted by molar-refractivity contribution is -0.124. The molecule has 0 aromatic heterocycles. The van der Waals surface area contributed by atoms with E-state index in [-0.39, 0.29) is 16.4 Å². The molecule has 0 atom stereocenters. The smallest absolute Gasteiger partial charge is 0.297 e. The lowest BCUT2D eigenvalue weighted by Crippen LogP contribution is -2.51. The first-order valence-corrected chi connectivity index (χ1v) is 8.24. The molecule has 0 aliphatic carbocycles. The number of allylic oxidation sites excluding steroid dienone is 2. The number of thiocarbonyl (C=S) groups is 1. The van der Waals surface area contributed by atoms with Gasteiger partial charge in [0, 0.05) is 6.20 Å². The molecule has 2 aliphatic heterocycles. The van der Waals surface area contributed by atoms with E-state index in [9.17, 15) is 19.2 Å². The highest BCUT2D eigenvalue weighted by molar-refractivity contribution is 7.80. The van der Waals surface area contributed by atoms with Crippen LogP contribution in [0.1, 0.15) is 12.5 Å². The average Bonchev–Trinajstić information content (AvgIpc) is 2.85. The maximum absolute atomic E-state index is 12.2. The molecule has 2 heterocycles. The highest BCUT2D eigenvalue weighted by Crippen LogP contribution is 2.19. The summed E-state index contributed by atoms with van der Waals surface area (Å²) in [5.41, 5.74) is 1.51. The third-order valence-electron chi connectivity index (χ3n) is 3.69. The first-order chi connectivity index (χ1) is 12.8. The minimum atomic E-state index is -0.905. The number of imide groups is 2. The maximum Gasteiger partial charge on any atom is 0.328 e. The summed E-state index contributed by atoms with van der Waals surface area (Å²) in [5.74, 6) is -2.21. The van der Waals surface area contributed by atoms with E-state index < -0.39 is 23.8 Å². The first kappa shape index (κ1) is 18.2. The Kier molecular flexibility index (Phi) is 4.95. The molecule has 1 aromatic carbocycles. The van der Waals surface area contributed by atoms with Gasteiger partial charge in [0.1, 0.15) is 11.3 Å². The number of benzene rings is 1. The van der Waals surface area contributed by atoms with Gasteiger partial charge in [0.05, 0.1) is 0 Å². The molecule has 27 heavy (non-hydrogen) atoms. The van der Waals surface area contributed by atoms with Crippen molar-refractivity contribution < 1.29 is 19.2 Å². The van der Waals surface area contributed by atoms with E-state index in [0.29, 0.717) is 0 Å². The van der Waals surface area contributed by atoms with Crippen molar-refractivity contribution in [3.8, 4) is 0 Å². The molecular formula is C18H14N4O4S. The number of hydrogen-bond acceptors (Lipinski definition) is 5. The minimum absolute atomic E-state index is 0.0174. The van der Waals surface area contributed by atoms with E-state index in [4.69, 9.17) is 12.2 Å². The molecule has 0 unspecified atom stereocenters. The quantitative estimate of drug-likeness (QED) is 0.408. The van der Waals surface area contributed by atoms with Gasteiger partial charge in [-0.15, -0.1) is 0 Å². The van der Waals surface area contributed by atoms with Crippen LogP contribution in [-0.2, 0) is 14.4 Å². The van der Waals surface area contributed by atoms with Gasteiger partial charge in [0.2, 0.25) is 0 Å². The molecule has 3 N–H and O–H groups in total. The van der Waals surface area contributed by atoms with Crippen LogP contribution in [-0.4, -0.2) is 33.8 Å². The number of hydrogen-bond donors (Lipinski definition) is 3. The van der Waals surface area contributed by atoms with Crippen LogP contribution in [0.2, 0.25) is 0 Å². The normalized spacial score (nSPS) is 19.2. The molecule has 0 bridgehead atoms. The summed E-state index contributed by atoms with van der Waals surface area (Å²) in [6.45, 7) is 1.80. The van der Waals surface area contributed by atoms with E-state index in [2.05, 4.69) is 5.32 Å². The summed E-state index contributed by atoms with van der Waals surface area (Å²) < 4.78 is 0. The second kappa shape index (κ2) is 7.34. The largest absolute Gasteiger partial charge is 0.328 e. The van der Waals surface area contributed by atoms with Crippen LogP contribution in [0.25, 0.3) is 6.08 Å². The number of carbonyl (C=O) groups is 4. The molecule has 136 valence electrons. The van der Waals surface area contributed by atoms with Crippen molar-refractivity contribution in [2.45, 2.75) is 6.92 Å². The fourth-order valence-corrected chi connectivity index (χ4v) is 2.74. The molecule has 2 fully saturated rings. The number of rotatable bonds is 3. The lowest BCUT2D eigenvalue weighted by atomic mass is 10.1. The van der Waals surface area contributed by atoms with E-state index in [1.165, 1.54) is 4.90 Å². The fourth-order valence-electron chi connectivity index (χ4n) is 2.49. The third kappa shape index (κ3) is 3.98. The standard InChI is InChI=1S/C18H14N4O4S/c1-10(7-11-5-3-2-4-6-11)8-13-16(25)21-18(27)22(13)9-12-14(23)19-17(26)20-15(12)24/h2-9H,1H3,(H,21,25,27)(H2,19,20,23,24,26)/b10-7+,13-8+. The van der Waals surface area contributed by atoms with Crippen LogP contribution in [0, 0.1) is 0 Å². The van der Waals surface area contributed by atoms with Gasteiger partial charge in [0.25, 0.3) is 17.7 Å². The summed E-state index contributed by atoms with van der Waals surface area (Å²) in [4.78, 5) is 48.4. The van der Waals surface area contributed by atoms with Crippen molar-refractivity contribution in [1.82, 2.24) is 20.9 Å². The monoisotopic (exact) mass is 382 g/mol. The van der Waals surface area contributed by atoms with Gasteiger partial charge < -0.3 is 0 Å². The molecule has 0 radical (unpaired) electrons. The van der Waals surface area contributed by atoms with Crippen molar-refractivity contribution in [2.24, 2.45) is 0 Å². The predicted octanol–water partition coefficient (Wildman–Crippen LogP) is 0.940. The van der Waals surface area contributed by atoms with Gasteiger partial charge in [0.15, 0.2) is 5.11 Å². The van der Waals surface area contributed by atoms with Gasteiger partial charge in [-0.2, -0.15) is 0 Å². The summed E-state index contributed by atoms with van der Waals surface area (Å²) in [6, 6.07) is 8.60. The zero-order valence-corrected chi connectivity index (χ0v) is 14.9. The summed E-state index contributed by atoms with van der Waals surface area (Å²) in [5, 5.41) is 6.41. The molecule has 8 nitrogen and oxygen atoms in total. The highest BCUT2D eigenvalue weighted by atomic mass is 32.1. The van der Waals surface area contributed by atoms with Crippen LogP contribution in [0.15, 0.2) is 59.5 Å². The molecule has 1 aromatic rings. The molecule has 0 spiro atoms. The second-order valence-corrected chi connectivity index (χ2v) is 6.12. The molecule has 2 aliphatic rings. The van der Waals surface area contributed by atoms with E-state index in [1.54, 1.807) is 13.0 Å². The van der Waals surface area contributed by atoms with E-state index >= 15 is 0 Å². The minimum Gasteiger partial charge on any atom is -0.297 e. The Morgan fingerprint density at radius 1 is 0.963 bits per heavy atom.